The number of amides is 3. The molecule has 3 amide bonds. The maximum Gasteiger partial charge on any atom is 0.325 e. The predicted octanol–water partition coefficient (Wildman–Crippen LogP) is 3.85. The van der Waals surface area contributed by atoms with E-state index in [0.717, 1.165) is 24.9 Å². The number of carbonyl (C=O) groups is 2. The largest absolute Gasteiger partial charge is 0.354 e. The molecule has 0 radical (unpaired) electrons. The van der Waals surface area contributed by atoms with Crippen LogP contribution in [0.4, 0.5) is 10.5 Å². The van der Waals surface area contributed by atoms with Gasteiger partial charge in [-0.3, -0.25) is 9.69 Å². The molecule has 1 fully saturated rings. The number of aryl methyl sites for hydroxylation is 1. The van der Waals surface area contributed by atoms with Crippen LogP contribution in [0, 0.1) is 0 Å². The first kappa shape index (κ1) is 19.9. The lowest BCUT2D eigenvalue weighted by Gasteiger charge is -2.27. The summed E-state index contributed by atoms with van der Waals surface area (Å²) in [5.41, 5.74) is 2.06. The smallest absolute Gasteiger partial charge is 0.325 e. The minimum Gasteiger partial charge on any atom is -0.354 e. The number of unbranched alkanes of at least 4 members (excludes halogenated alkanes) is 1. The summed E-state index contributed by atoms with van der Waals surface area (Å²) in [5.74, 6) is -0.0485. The minimum absolute atomic E-state index is 0.0485. The van der Waals surface area contributed by atoms with Crippen molar-refractivity contribution in [3.05, 3.63) is 66.2 Å². The molecule has 0 bridgehead atoms. The molecule has 5 nitrogen and oxygen atoms in total. The molecule has 1 N–H and O–H groups in total. The molecule has 2 aromatic carbocycles. The van der Waals surface area contributed by atoms with Crippen molar-refractivity contribution in [1.82, 2.24) is 10.2 Å². The summed E-state index contributed by atoms with van der Waals surface area (Å²) in [7, 11) is 0. The maximum atomic E-state index is 13.1. The number of anilines is 1. The van der Waals surface area contributed by atoms with E-state index >= 15 is 0 Å². The fraction of sp³-hybridized carbons (Fsp3) is 0.391. The quantitative estimate of drug-likeness (QED) is 0.673. The van der Waals surface area contributed by atoms with Crippen molar-refractivity contribution in [2.24, 2.45) is 0 Å². The van der Waals surface area contributed by atoms with E-state index in [9.17, 15) is 9.59 Å². The van der Waals surface area contributed by atoms with Crippen molar-refractivity contribution in [1.29, 1.82) is 0 Å². The fourth-order valence-electron chi connectivity index (χ4n) is 3.57. The molecule has 1 unspecified atom stereocenters. The Morgan fingerprint density at radius 3 is 2.39 bits per heavy atom. The third-order valence-corrected chi connectivity index (χ3v) is 5.17. The maximum absolute atomic E-state index is 13.1. The molecule has 0 aliphatic carbocycles. The van der Waals surface area contributed by atoms with Crippen molar-refractivity contribution >= 4 is 17.6 Å². The summed E-state index contributed by atoms with van der Waals surface area (Å²) in [4.78, 5) is 29.4. The highest BCUT2D eigenvalue weighted by Crippen LogP contribution is 2.23. The van der Waals surface area contributed by atoms with Gasteiger partial charge in [-0.2, -0.15) is 0 Å². The number of benzene rings is 2. The lowest BCUT2D eigenvalue weighted by Crippen LogP contribution is -2.49. The van der Waals surface area contributed by atoms with E-state index in [-0.39, 0.29) is 11.9 Å². The topological polar surface area (TPSA) is 52.7 Å². The average Bonchev–Trinajstić information content (AvgIpc) is 3.11. The van der Waals surface area contributed by atoms with Crippen molar-refractivity contribution < 1.29 is 9.59 Å². The minimum atomic E-state index is -0.446. The first-order chi connectivity index (χ1) is 13.7. The van der Waals surface area contributed by atoms with Crippen LogP contribution < -0.4 is 10.2 Å². The second-order valence-electron chi connectivity index (χ2n) is 7.15. The van der Waals surface area contributed by atoms with Gasteiger partial charge in [0, 0.05) is 25.3 Å². The van der Waals surface area contributed by atoms with Gasteiger partial charge in [-0.05, 0) is 37.0 Å². The van der Waals surface area contributed by atoms with Crippen LogP contribution in [-0.2, 0) is 11.2 Å². The van der Waals surface area contributed by atoms with Gasteiger partial charge >= 0.3 is 6.03 Å². The van der Waals surface area contributed by atoms with Crippen molar-refractivity contribution in [2.75, 3.05) is 24.5 Å². The first-order valence-corrected chi connectivity index (χ1v) is 10.2. The van der Waals surface area contributed by atoms with E-state index < -0.39 is 6.04 Å². The Hall–Kier alpha value is -2.82. The van der Waals surface area contributed by atoms with Crippen molar-refractivity contribution in [3.63, 3.8) is 0 Å². The standard InChI is InChI=1S/C23H29N3O2/c1-2-3-16-24-22(27)21(15-14-19-10-6-4-7-11-19)26-18-17-25(23(26)28)20-12-8-5-9-13-20/h4-13,21H,2-3,14-18H2,1H3,(H,24,27). The monoisotopic (exact) mass is 379 g/mol. The van der Waals surface area contributed by atoms with Crippen LogP contribution in [0.5, 0.6) is 0 Å². The SMILES string of the molecule is CCCCNC(=O)C(CCc1ccccc1)N1CCN(c2ccccc2)C1=O. The number of para-hydroxylation sites is 1. The number of carbonyl (C=O) groups excluding carboxylic acids is 2. The molecule has 0 spiro atoms. The van der Waals surface area contributed by atoms with E-state index in [1.807, 2.05) is 48.5 Å². The lowest BCUT2D eigenvalue weighted by atomic mass is 10.0. The molecule has 2 aromatic rings. The van der Waals surface area contributed by atoms with Crippen molar-refractivity contribution in [2.45, 2.75) is 38.6 Å². The number of hydrogen-bond acceptors (Lipinski definition) is 2. The highest BCUT2D eigenvalue weighted by Gasteiger charge is 2.37. The van der Waals surface area contributed by atoms with Crippen molar-refractivity contribution in [3.8, 4) is 0 Å². The molecule has 3 rings (SSSR count). The van der Waals surface area contributed by atoms with E-state index in [0.29, 0.717) is 26.1 Å². The molecule has 148 valence electrons. The summed E-state index contributed by atoms with van der Waals surface area (Å²) in [6.07, 6.45) is 3.36. The van der Waals surface area contributed by atoms with E-state index in [2.05, 4.69) is 24.4 Å². The fourth-order valence-corrected chi connectivity index (χ4v) is 3.57. The Bertz CT molecular complexity index is 764. The molecule has 5 heteroatoms. The van der Waals surface area contributed by atoms with Crippen LogP contribution in [0.25, 0.3) is 0 Å². The second kappa shape index (κ2) is 9.93. The van der Waals surface area contributed by atoms with Crippen LogP contribution in [0.2, 0.25) is 0 Å². The van der Waals surface area contributed by atoms with Gasteiger partial charge in [0.05, 0.1) is 0 Å². The molecule has 1 heterocycles. The third kappa shape index (κ3) is 4.91. The van der Waals surface area contributed by atoms with Crippen LogP contribution in [0.1, 0.15) is 31.7 Å². The molecule has 1 aliphatic heterocycles. The van der Waals surface area contributed by atoms with Crippen LogP contribution in [0.15, 0.2) is 60.7 Å². The number of nitrogens with one attached hydrogen (secondary N) is 1. The molecule has 0 saturated carbocycles. The summed E-state index contributed by atoms with van der Waals surface area (Å²) in [6, 6.07) is 19.2. The molecular weight excluding hydrogens is 350 g/mol. The van der Waals surface area contributed by atoms with Gasteiger partial charge in [0.15, 0.2) is 0 Å². The van der Waals surface area contributed by atoms with Gasteiger partial charge in [-0.25, -0.2) is 4.79 Å². The zero-order valence-corrected chi connectivity index (χ0v) is 16.5. The van der Waals surface area contributed by atoms with Gasteiger partial charge in [0.1, 0.15) is 6.04 Å². The summed E-state index contributed by atoms with van der Waals surface area (Å²) in [6.45, 7) is 3.92. The highest BCUT2D eigenvalue weighted by atomic mass is 16.2. The highest BCUT2D eigenvalue weighted by molar-refractivity contribution is 5.97. The van der Waals surface area contributed by atoms with Crippen LogP contribution >= 0.6 is 0 Å². The van der Waals surface area contributed by atoms with Gasteiger partial charge in [-0.1, -0.05) is 61.9 Å². The Morgan fingerprint density at radius 1 is 1.04 bits per heavy atom. The summed E-state index contributed by atoms with van der Waals surface area (Å²) >= 11 is 0. The van der Waals surface area contributed by atoms with Gasteiger partial charge < -0.3 is 10.2 Å². The molecule has 1 aliphatic rings. The van der Waals surface area contributed by atoms with E-state index in [1.54, 1.807) is 9.80 Å². The second-order valence-corrected chi connectivity index (χ2v) is 7.15. The number of rotatable bonds is 9. The normalized spacial score (nSPS) is 15.0. The molecule has 1 saturated heterocycles. The summed E-state index contributed by atoms with van der Waals surface area (Å²) in [5, 5.41) is 3.02. The molecule has 1 atom stereocenters. The number of urea groups is 1. The van der Waals surface area contributed by atoms with E-state index in [1.165, 1.54) is 5.56 Å². The Kier molecular flexibility index (Phi) is 7.06. The van der Waals surface area contributed by atoms with Gasteiger partial charge in [-0.15, -0.1) is 0 Å². The lowest BCUT2D eigenvalue weighted by molar-refractivity contribution is -0.125. The zero-order valence-electron chi connectivity index (χ0n) is 16.5. The Balaban J connectivity index is 1.72. The Morgan fingerprint density at radius 2 is 1.71 bits per heavy atom. The molecule has 28 heavy (non-hydrogen) atoms. The average molecular weight is 380 g/mol. The predicted molar refractivity (Wildman–Crippen MR) is 112 cm³/mol. The van der Waals surface area contributed by atoms with Crippen LogP contribution in [-0.4, -0.2) is 42.5 Å². The zero-order chi connectivity index (χ0) is 19.8. The number of nitrogens with zero attached hydrogens (tertiary/aromatic N) is 2. The first-order valence-electron chi connectivity index (χ1n) is 10.2. The van der Waals surface area contributed by atoms with Crippen LogP contribution in [0.3, 0.4) is 0 Å². The van der Waals surface area contributed by atoms with E-state index in [4.69, 9.17) is 0 Å². The number of hydrogen-bond donors (Lipinski definition) is 1. The van der Waals surface area contributed by atoms with Gasteiger partial charge in [0.2, 0.25) is 5.91 Å². The van der Waals surface area contributed by atoms with Gasteiger partial charge in [0.25, 0.3) is 0 Å². The Labute approximate surface area is 167 Å². The third-order valence-electron chi connectivity index (χ3n) is 5.17. The summed E-state index contributed by atoms with van der Waals surface area (Å²) < 4.78 is 0. The molecule has 0 aromatic heterocycles. The molecular formula is C23H29N3O2.